The van der Waals surface area contributed by atoms with Gasteiger partial charge < -0.3 is 5.32 Å². The number of hydrogen-bond donors (Lipinski definition) is 1. The number of anilines is 2. The second-order valence-corrected chi connectivity index (χ2v) is 5.81. The second kappa shape index (κ2) is 5.54. The summed E-state index contributed by atoms with van der Waals surface area (Å²) in [6.45, 7) is 0. The highest BCUT2D eigenvalue weighted by atomic mass is 32.1. The molecule has 0 bridgehead atoms. The van der Waals surface area contributed by atoms with Crippen molar-refractivity contribution in [2.24, 2.45) is 0 Å². The molecule has 1 N–H and O–H groups in total. The fourth-order valence-electron chi connectivity index (χ4n) is 2.25. The Morgan fingerprint density at radius 2 is 1.77 bits per heavy atom. The van der Waals surface area contributed by atoms with Gasteiger partial charge >= 0.3 is 0 Å². The molecule has 4 rings (SSSR count). The van der Waals surface area contributed by atoms with E-state index in [1.165, 1.54) is 5.56 Å². The van der Waals surface area contributed by atoms with Crippen molar-refractivity contribution >= 4 is 32.5 Å². The topological polar surface area (TPSA) is 50.7 Å². The smallest absolute Gasteiger partial charge is 0.189 e. The standard InChI is InChI=1S/C17H12N4S/c1-2-8-19-16(3-1)21-17-20-14-5-4-13(11-15(14)22-17)12-6-9-18-10-7-12/h1-11H,(H,19,20,21). The van der Waals surface area contributed by atoms with E-state index >= 15 is 0 Å². The average Bonchev–Trinajstić information content (AvgIpc) is 2.98. The van der Waals surface area contributed by atoms with Gasteiger partial charge in [-0.25, -0.2) is 9.97 Å². The maximum absolute atomic E-state index is 4.60. The van der Waals surface area contributed by atoms with Gasteiger partial charge in [-0.05, 0) is 47.5 Å². The van der Waals surface area contributed by atoms with Crippen molar-refractivity contribution in [2.75, 3.05) is 5.32 Å². The minimum absolute atomic E-state index is 0.802. The van der Waals surface area contributed by atoms with E-state index in [0.717, 1.165) is 26.7 Å². The first-order valence-corrected chi connectivity index (χ1v) is 7.69. The Hall–Kier alpha value is -2.79. The zero-order valence-corrected chi connectivity index (χ0v) is 12.4. The molecule has 0 fully saturated rings. The summed E-state index contributed by atoms with van der Waals surface area (Å²) in [5.74, 6) is 0.802. The fourth-order valence-corrected chi connectivity index (χ4v) is 3.16. The Morgan fingerprint density at radius 3 is 2.59 bits per heavy atom. The van der Waals surface area contributed by atoms with Crippen LogP contribution in [0.2, 0.25) is 0 Å². The van der Waals surface area contributed by atoms with Crippen LogP contribution in [0.25, 0.3) is 21.3 Å². The number of rotatable bonds is 3. The molecular formula is C17H12N4S. The first-order valence-electron chi connectivity index (χ1n) is 6.87. The summed E-state index contributed by atoms with van der Waals surface area (Å²) in [4.78, 5) is 12.9. The number of fused-ring (bicyclic) bond motifs is 1. The summed E-state index contributed by atoms with van der Waals surface area (Å²) < 4.78 is 1.15. The van der Waals surface area contributed by atoms with Crippen molar-refractivity contribution in [3.63, 3.8) is 0 Å². The lowest BCUT2D eigenvalue weighted by atomic mass is 10.1. The molecule has 0 aliphatic heterocycles. The number of pyridine rings is 2. The molecule has 0 spiro atoms. The van der Waals surface area contributed by atoms with E-state index in [4.69, 9.17) is 0 Å². The predicted molar refractivity (Wildman–Crippen MR) is 90.4 cm³/mol. The van der Waals surface area contributed by atoms with E-state index < -0.39 is 0 Å². The Bertz CT molecular complexity index is 904. The third kappa shape index (κ3) is 2.54. The maximum atomic E-state index is 4.60. The third-order valence-corrected chi connectivity index (χ3v) is 4.24. The van der Waals surface area contributed by atoms with Gasteiger partial charge in [-0.1, -0.05) is 23.5 Å². The van der Waals surface area contributed by atoms with Gasteiger partial charge in [-0.2, -0.15) is 0 Å². The van der Waals surface area contributed by atoms with Crippen molar-refractivity contribution in [3.8, 4) is 11.1 Å². The summed E-state index contributed by atoms with van der Waals surface area (Å²) in [5, 5.41) is 4.09. The average molecular weight is 304 g/mol. The molecule has 5 heteroatoms. The fraction of sp³-hybridized carbons (Fsp3) is 0. The third-order valence-electron chi connectivity index (χ3n) is 3.30. The molecule has 4 nitrogen and oxygen atoms in total. The van der Waals surface area contributed by atoms with Crippen LogP contribution in [0.15, 0.2) is 67.1 Å². The Labute approximate surface area is 131 Å². The zero-order valence-electron chi connectivity index (χ0n) is 11.6. The molecule has 1 aromatic carbocycles. The van der Waals surface area contributed by atoms with Crippen molar-refractivity contribution in [2.45, 2.75) is 0 Å². The number of benzene rings is 1. The summed E-state index contributed by atoms with van der Waals surface area (Å²) in [6, 6.07) is 16.1. The lowest BCUT2D eigenvalue weighted by Gasteiger charge is -1.99. The summed E-state index contributed by atoms with van der Waals surface area (Å²) in [5.41, 5.74) is 3.31. The molecule has 0 radical (unpaired) electrons. The minimum atomic E-state index is 0.802. The summed E-state index contributed by atoms with van der Waals surface area (Å²) >= 11 is 1.62. The number of aromatic nitrogens is 3. The van der Waals surface area contributed by atoms with Crippen molar-refractivity contribution in [1.29, 1.82) is 0 Å². The number of nitrogens with one attached hydrogen (secondary N) is 1. The van der Waals surface area contributed by atoms with Gasteiger partial charge in [0.05, 0.1) is 10.2 Å². The van der Waals surface area contributed by atoms with Crippen LogP contribution < -0.4 is 5.32 Å². The second-order valence-electron chi connectivity index (χ2n) is 4.78. The molecule has 0 amide bonds. The Kier molecular flexibility index (Phi) is 3.25. The molecule has 0 atom stereocenters. The quantitative estimate of drug-likeness (QED) is 0.605. The van der Waals surface area contributed by atoms with Gasteiger partial charge in [0.1, 0.15) is 5.82 Å². The highest BCUT2D eigenvalue weighted by molar-refractivity contribution is 7.22. The normalized spacial score (nSPS) is 10.7. The first-order chi connectivity index (χ1) is 10.9. The van der Waals surface area contributed by atoms with Crippen molar-refractivity contribution < 1.29 is 0 Å². The van der Waals surface area contributed by atoms with Crippen LogP contribution in [0.3, 0.4) is 0 Å². The monoisotopic (exact) mass is 304 g/mol. The van der Waals surface area contributed by atoms with Crippen LogP contribution in [0, 0.1) is 0 Å². The van der Waals surface area contributed by atoms with Gasteiger partial charge in [-0.15, -0.1) is 0 Å². The van der Waals surface area contributed by atoms with Crippen LogP contribution in [0.4, 0.5) is 10.9 Å². The molecule has 0 saturated heterocycles. The van der Waals surface area contributed by atoms with E-state index in [1.54, 1.807) is 29.9 Å². The number of nitrogens with zero attached hydrogens (tertiary/aromatic N) is 3. The van der Waals surface area contributed by atoms with E-state index in [2.05, 4.69) is 32.4 Å². The molecule has 0 unspecified atom stereocenters. The van der Waals surface area contributed by atoms with Crippen LogP contribution in [0.5, 0.6) is 0 Å². The van der Waals surface area contributed by atoms with Crippen LogP contribution in [-0.2, 0) is 0 Å². The summed E-state index contributed by atoms with van der Waals surface area (Å²) in [6.07, 6.45) is 5.37. The van der Waals surface area contributed by atoms with Gasteiger partial charge in [0.2, 0.25) is 0 Å². The SMILES string of the molecule is c1ccc(Nc2nc3ccc(-c4ccncc4)cc3s2)nc1. The lowest BCUT2D eigenvalue weighted by Crippen LogP contribution is -1.90. The predicted octanol–water partition coefficient (Wildman–Crippen LogP) is 4.50. The van der Waals surface area contributed by atoms with Crippen molar-refractivity contribution in [3.05, 3.63) is 67.1 Å². The first kappa shape index (κ1) is 12.9. The van der Waals surface area contributed by atoms with Gasteiger partial charge in [0.15, 0.2) is 5.13 Å². The minimum Gasteiger partial charge on any atom is -0.316 e. The summed E-state index contributed by atoms with van der Waals surface area (Å²) in [7, 11) is 0. The number of thiazole rings is 1. The Balaban J connectivity index is 1.69. The Morgan fingerprint density at radius 1 is 0.864 bits per heavy atom. The molecule has 3 aromatic heterocycles. The van der Waals surface area contributed by atoms with E-state index in [0.29, 0.717) is 0 Å². The van der Waals surface area contributed by atoms with E-state index in [1.807, 2.05) is 36.4 Å². The molecule has 3 heterocycles. The van der Waals surface area contributed by atoms with Gasteiger partial charge in [0, 0.05) is 18.6 Å². The largest absolute Gasteiger partial charge is 0.316 e. The zero-order chi connectivity index (χ0) is 14.8. The van der Waals surface area contributed by atoms with Gasteiger partial charge in [0.25, 0.3) is 0 Å². The molecule has 106 valence electrons. The maximum Gasteiger partial charge on any atom is 0.189 e. The number of hydrogen-bond acceptors (Lipinski definition) is 5. The molecule has 22 heavy (non-hydrogen) atoms. The van der Waals surface area contributed by atoms with Crippen LogP contribution >= 0.6 is 11.3 Å². The molecular weight excluding hydrogens is 292 g/mol. The molecule has 0 aliphatic carbocycles. The highest BCUT2D eigenvalue weighted by Gasteiger charge is 2.06. The van der Waals surface area contributed by atoms with Crippen LogP contribution in [0.1, 0.15) is 0 Å². The van der Waals surface area contributed by atoms with Crippen molar-refractivity contribution in [1.82, 2.24) is 15.0 Å². The molecule has 0 saturated carbocycles. The molecule has 4 aromatic rings. The van der Waals surface area contributed by atoms with E-state index in [9.17, 15) is 0 Å². The van der Waals surface area contributed by atoms with Crippen LogP contribution in [-0.4, -0.2) is 15.0 Å². The van der Waals surface area contributed by atoms with E-state index in [-0.39, 0.29) is 0 Å². The van der Waals surface area contributed by atoms with Gasteiger partial charge in [-0.3, -0.25) is 4.98 Å². The highest BCUT2D eigenvalue weighted by Crippen LogP contribution is 2.31. The lowest BCUT2D eigenvalue weighted by molar-refractivity contribution is 1.30. The molecule has 0 aliphatic rings.